The number of furan rings is 1. The van der Waals surface area contributed by atoms with Crippen LogP contribution in [0.5, 0.6) is 0 Å². The number of carbonyl (C=O) groups is 1. The average Bonchev–Trinajstić information content (AvgIpc) is 2.75. The Kier molecular flexibility index (Phi) is 4.11. The summed E-state index contributed by atoms with van der Waals surface area (Å²) >= 11 is 9.07. The molecule has 0 amide bonds. The van der Waals surface area contributed by atoms with Crippen LogP contribution in [0.25, 0.3) is 0 Å². The van der Waals surface area contributed by atoms with Crippen LogP contribution in [0, 0.1) is 5.82 Å². The van der Waals surface area contributed by atoms with Crippen molar-refractivity contribution in [1.29, 1.82) is 0 Å². The summed E-state index contributed by atoms with van der Waals surface area (Å²) < 4.78 is 18.6. The van der Waals surface area contributed by atoms with Crippen LogP contribution in [0.2, 0.25) is 5.02 Å². The molecule has 0 unspecified atom stereocenters. The molecule has 0 aliphatic rings. The predicted octanol–water partition coefficient (Wildman–Crippen LogP) is 4.14. The van der Waals surface area contributed by atoms with Gasteiger partial charge in [0.15, 0.2) is 0 Å². The molecule has 0 bridgehead atoms. The molecule has 2 rings (SSSR count). The van der Waals surface area contributed by atoms with E-state index in [0.717, 1.165) is 6.07 Å². The van der Waals surface area contributed by atoms with Crippen molar-refractivity contribution in [2.75, 3.05) is 5.32 Å². The molecule has 100 valence electrons. The Balaban J connectivity index is 2.19. The quantitative estimate of drug-likeness (QED) is 0.871. The molecule has 4 nitrogen and oxygen atoms in total. The second-order valence-electron chi connectivity index (χ2n) is 3.66. The van der Waals surface area contributed by atoms with E-state index in [9.17, 15) is 9.18 Å². The van der Waals surface area contributed by atoms with E-state index in [1.54, 1.807) is 0 Å². The van der Waals surface area contributed by atoms with Gasteiger partial charge in [-0.15, -0.1) is 0 Å². The van der Waals surface area contributed by atoms with E-state index in [4.69, 9.17) is 21.1 Å². The summed E-state index contributed by atoms with van der Waals surface area (Å²) in [5.74, 6) is -1.28. The number of carboxylic acid groups (broad SMARTS) is 1. The number of hydrogen-bond donors (Lipinski definition) is 2. The van der Waals surface area contributed by atoms with Crippen molar-refractivity contribution < 1.29 is 18.7 Å². The molecule has 2 N–H and O–H groups in total. The number of rotatable bonds is 4. The van der Waals surface area contributed by atoms with E-state index in [1.165, 1.54) is 18.4 Å². The maximum atomic E-state index is 13.1. The molecule has 7 heteroatoms. The molecule has 2 aromatic rings. The Morgan fingerprint density at radius 2 is 2.26 bits per heavy atom. The monoisotopic (exact) mass is 347 g/mol. The lowest BCUT2D eigenvalue weighted by atomic mass is 10.2. The van der Waals surface area contributed by atoms with E-state index in [0.29, 0.717) is 10.2 Å². The standard InChI is InChI=1S/C12H8BrClFNO3/c13-8-3-6(15)4-9(14)11(8)16-5-10-7(12(17)18)1-2-19-10/h1-4,16H,5H2,(H,17,18). The molecule has 0 saturated carbocycles. The van der Waals surface area contributed by atoms with Gasteiger partial charge in [-0.1, -0.05) is 11.6 Å². The third-order valence-corrected chi connectivity index (χ3v) is 3.33. The van der Waals surface area contributed by atoms with E-state index >= 15 is 0 Å². The van der Waals surface area contributed by atoms with Crippen molar-refractivity contribution in [1.82, 2.24) is 0 Å². The van der Waals surface area contributed by atoms with Gasteiger partial charge in [-0.2, -0.15) is 0 Å². The number of nitrogens with one attached hydrogen (secondary N) is 1. The molecule has 0 aliphatic carbocycles. The molecule has 0 saturated heterocycles. The fourth-order valence-corrected chi connectivity index (χ4v) is 2.51. The van der Waals surface area contributed by atoms with Gasteiger partial charge >= 0.3 is 5.97 Å². The summed E-state index contributed by atoms with van der Waals surface area (Å²) in [7, 11) is 0. The van der Waals surface area contributed by atoms with Gasteiger partial charge in [0.25, 0.3) is 0 Å². The number of hydrogen-bond acceptors (Lipinski definition) is 3. The second-order valence-corrected chi connectivity index (χ2v) is 4.92. The molecule has 0 aliphatic heterocycles. The van der Waals surface area contributed by atoms with Crippen molar-refractivity contribution in [2.24, 2.45) is 0 Å². The summed E-state index contributed by atoms with van der Waals surface area (Å²) in [4.78, 5) is 10.9. The average molecular weight is 349 g/mol. The van der Waals surface area contributed by atoms with Crippen molar-refractivity contribution in [2.45, 2.75) is 6.54 Å². The normalized spacial score (nSPS) is 10.5. The predicted molar refractivity (Wildman–Crippen MR) is 72.1 cm³/mol. The number of aromatic carboxylic acids is 1. The van der Waals surface area contributed by atoms with Gasteiger partial charge in [0.2, 0.25) is 0 Å². The van der Waals surface area contributed by atoms with Gasteiger partial charge in [-0.25, -0.2) is 9.18 Å². The fraction of sp³-hybridized carbons (Fsp3) is 0.0833. The number of anilines is 1. The first-order chi connectivity index (χ1) is 8.99. The van der Waals surface area contributed by atoms with Crippen LogP contribution in [-0.4, -0.2) is 11.1 Å². The highest BCUT2D eigenvalue weighted by Crippen LogP contribution is 2.32. The fourth-order valence-electron chi connectivity index (χ4n) is 1.55. The van der Waals surface area contributed by atoms with Crippen LogP contribution < -0.4 is 5.32 Å². The molecule has 19 heavy (non-hydrogen) atoms. The van der Waals surface area contributed by atoms with Gasteiger partial charge in [-0.05, 0) is 34.1 Å². The van der Waals surface area contributed by atoms with Crippen molar-refractivity contribution in [3.05, 3.63) is 51.1 Å². The minimum absolute atomic E-state index is 0.0712. The van der Waals surface area contributed by atoms with Crippen LogP contribution in [0.15, 0.2) is 33.4 Å². The molecule has 0 fully saturated rings. The molecule has 1 aromatic heterocycles. The largest absolute Gasteiger partial charge is 0.478 e. The first kappa shape index (κ1) is 13.9. The lowest BCUT2D eigenvalue weighted by Crippen LogP contribution is -2.05. The summed E-state index contributed by atoms with van der Waals surface area (Å²) in [6.07, 6.45) is 1.29. The molecule has 1 aromatic carbocycles. The van der Waals surface area contributed by atoms with E-state index < -0.39 is 11.8 Å². The highest BCUT2D eigenvalue weighted by Gasteiger charge is 2.14. The molecular weight excluding hydrogens is 340 g/mol. The lowest BCUT2D eigenvalue weighted by Gasteiger charge is -2.10. The Morgan fingerprint density at radius 1 is 1.53 bits per heavy atom. The summed E-state index contributed by atoms with van der Waals surface area (Å²) in [5.41, 5.74) is 0.540. The van der Waals surface area contributed by atoms with Gasteiger partial charge in [0.05, 0.1) is 23.5 Å². The summed E-state index contributed by atoms with van der Waals surface area (Å²) in [6, 6.07) is 3.78. The Bertz CT molecular complexity index is 606. The summed E-state index contributed by atoms with van der Waals surface area (Å²) in [6.45, 7) is 0.124. The SMILES string of the molecule is O=C(O)c1ccoc1CNc1c(Cl)cc(F)cc1Br. The first-order valence-electron chi connectivity index (χ1n) is 5.17. The van der Waals surface area contributed by atoms with Crippen LogP contribution in [0.4, 0.5) is 10.1 Å². The highest BCUT2D eigenvalue weighted by atomic mass is 79.9. The first-order valence-corrected chi connectivity index (χ1v) is 6.34. The maximum Gasteiger partial charge on any atom is 0.339 e. The minimum Gasteiger partial charge on any atom is -0.478 e. The van der Waals surface area contributed by atoms with Gasteiger partial charge in [0.1, 0.15) is 17.1 Å². The van der Waals surface area contributed by atoms with E-state index in [2.05, 4.69) is 21.2 Å². The highest BCUT2D eigenvalue weighted by molar-refractivity contribution is 9.10. The Hall–Kier alpha value is -1.53. The van der Waals surface area contributed by atoms with Crippen LogP contribution in [0.3, 0.4) is 0 Å². The van der Waals surface area contributed by atoms with Crippen molar-refractivity contribution >= 4 is 39.2 Å². The molecular formula is C12H8BrClFNO3. The van der Waals surface area contributed by atoms with Crippen molar-refractivity contribution in [3.63, 3.8) is 0 Å². The molecule has 0 radical (unpaired) electrons. The lowest BCUT2D eigenvalue weighted by molar-refractivity contribution is 0.0694. The van der Waals surface area contributed by atoms with Crippen LogP contribution >= 0.6 is 27.5 Å². The van der Waals surface area contributed by atoms with Gasteiger partial charge in [0, 0.05) is 4.47 Å². The third-order valence-electron chi connectivity index (χ3n) is 2.41. The maximum absolute atomic E-state index is 13.1. The van der Waals surface area contributed by atoms with Crippen LogP contribution in [0.1, 0.15) is 16.1 Å². The molecule has 1 heterocycles. The van der Waals surface area contributed by atoms with E-state index in [-0.39, 0.29) is 22.9 Å². The van der Waals surface area contributed by atoms with Gasteiger partial charge < -0.3 is 14.8 Å². The molecule has 0 spiro atoms. The number of carboxylic acids is 1. The Morgan fingerprint density at radius 3 is 2.89 bits per heavy atom. The topological polar surface area (TPSA) is 62.5 Å². The zero-order chi connectivity index (χ0) is 14.0. The minimum atomic E-state index is -1.07. The summed E-state index contributed by atoms with van der Waals surface area (Å²) in [5, 5.41) is 12.0. The number of benzene rings is 1. The number of halogens is 3. The zero-order valence-electron chi connectivity index (χ0n) is 9.41. The third kappa shape index (κ3) is 3.08. The van der Waals surface area contributed by atoms with E-state index in [1.807, 2.05) is 0 Å². The molecule has 0 atom stereocenters. The van der Waals surface area contributed by atoms with Crippen molar-refractivity contribution in [3.8, 4) is 0 Å². The zero-order valence-corrected chi connectivity index (χ0v) is 11.8. The van der Waals surface area contributed by atoms with Crippen LogP contribution in [-0.2, 0) is 6.54 Å². The van der Waals surface area contributed by atoms with Gasteiger partial charge in [-0.3, -0.25) is 0 Å². The smallest absolute Gasteiger partial charge is 0.339 e. The Labute approximate surface area is 121 Å². The second kappa shape index (κ2) is 5.63.